The fourth-order valence-electron chi connectivity index (χ4n) is 2.40. The summed E-state index contributed by atoms with van der Waals surface area (Å²) in [4.78, 5) is 14.3. The van der Waals surface area contributed by atoms with Crippen molar-refractivity contribution in [2.45, 2.75) is 19.4 Å². The molecular weight excluding hydrogens is 278 g/mol. The third-order valence-corrected chi connectivity index (χ3v) is 4.07. The van der Waals surface area contributed by atoms with Crippen molar-refractivity contribution in [3.05, 3.63) is 23.2 Å². The molecule has 20 heavy (non-hydrogen) atoms. The minimum Gasteiger partial charge on any atom is -0.399 e. The largest absolute Gasteiger partial charge is 0.399 e. The van der Waals surface area contributed by atoms with Crippen LogP contribution in [0.25, 0.3) is 0 Å². The summed E-state index contributed by atoms with van der Waals surface area (Å²) in [5, 5.41) is 12.4. The molecule has 0 saturated carbocycles. The summed E-state index contributed by atoms with van der Waals surface area (Å²) in [5.74, 6) is 0.167. The first-order valence-electron chi connectivity index (χ1n) is 6.72. The summed E-state index contributed by atoms with van der Waals surface area (Å²) in [6.07, 6.45) is 0.927. The second-order valence-electron chi connectivity index (χ2n) is 5.24. The van der Waals surface area contributed by atoms with Gasteiger partial charge in [0.1, 0.15) is 0 Å². The van der Waals surface area contributed by atoms with E-state index in [0.29, 0.717) is 16.4 Å². The van der Waals surface area contributed by atoms with Gasteiger partial charge >= 0.3 is 0 Å². The highest BCUT2D eigenvalue weighted by Crippen LogP contribution is 2.25. The van der Waals surface area contributed by atoms with Gasteiger partial charge in [-0.15, -0.1) is 0 Å². The molecule has 1 aliphatic rings. The molecule has 1 heterocycles. The molecular formula is C14H20ClN3O2. The quantitative estimate of drug-likeness (QED) is 0.737. The summed E-state index contributed by atoms with van der Waals surface area (Å²) in [5.41, 5.74) is 6.75. The molecule has 1 aromatic carbocycles. The molecule has 1 aliphatic heterocycles. The maximum atomic E-state index is 12.2. The summed E-state index contributed by atoms with van der Waals surface area (Å²) in [7, 11) is 0. The van der Waals surface area contributed by atoms with Crippen LogP contribution in [0.3, 0.4) is 0 Å². The lowest BCUT2D eigenvalue weighted by Crippen LogP contribution is -2.40. The Kier molecular flexibility index (Phi) is 4.86. The van der Waals surface area contributed by atoms with E-state index < -0.39 is 0 Å². The molecule has 5 nitrogen and oxygen atoms in total. The summed E-state index contributed by atoms with van der Waals surface area (Å²) in [6, 6.07) is 4.76. The minimum absolute atomic E-state index is 0.102. The zero-order valence-electron chi connectivity index (χ0n) is 11.5. The second kappa shape index (κ2) is 6.43. The highest BCUT2D eigenvalue weighted by molar-refractivity contribution is 6.34. The summed E-state index contributed by atoms with van der Waals surface area (Å²) in [6.45, 7) is 3.62. The summed E-state index contributed by atoms with van der Waals surface area (Å²) >= 11 is 6.04. The molecule has 4 N–H and O–H groups in total. The molecule has 0 spiro atoms. The average Bonchev–Trinajstić information content (AvgIpc) is 2.89. The fourth-order valence-corrected chi connectivity index (χ4v) is 2.64. The molecule has 1 aromatic rings. The number of likely N-dealkylation sites (tertiary alicyclic amines) is 1. The number of benzene rings is 1. The van der Waals surface area contributed by atoms with E-state index >= 15 is 0 Å². The Morgan fingerprint density at radius 3 is 3.00 bits per heavy atom. The Bertz CT molecular complexity index is 495. The number of rotatable bonds is 4. The van der Waals surface area contributed by atoms with E-state index in [2.05, 4.69) is 10.2 Å². The number of halogens is 1. The number of aliphatic hydroxyl groups is 1. The Hall–Kier alpha value is -1.30. The van der Waals surface area contributed by atoms with Crippen LogP contribution in [-0.2, 0) is 4.79 Å². The van der Waals surface area contributed by atoms with E-state index in [0.717, 1.165) is 19.5 Å². The summed E-state index contributed by atoms with van der Waals surface area (Å²) < 4.78 is 0. The predicted molar refractivity (Wildman–Crippen MR) is 80.7 cm³/mol. The number of nitrogen functional groups attached to an aromatic ring is 1. The van der Waals surface area contributed by atoms with Gasteiger partial charge in [0.05, 0.1) is 16.8 Å². The SMILES string of the molecule is CC(C(=O)Nc1ccc(N)cc1Cl)N1CCC(CO)C1. The zero-order chi connectivity index (χ0) is 14.7. The van der Waals surface area contributed by atoms with E-state index in [-0.39, 0.29) is 24.5 Å². The third-order valence-electron chi connectivity index (χ3n) is 3.75. The van der Waals surface area contributed by atoms with Crippen LogP contribution in [0, 0.1) is 5.92 Å². The lowest BCUT2D eigenvalue weighted by Gasteiger charge is -2.23. The molecule has 110 valence electrons. The number of aliphatic hydroxyl groups excluding tert-OH is 1. The lowest BCUT2D eigenvalue weighted by atomic mass is 10.1. The Morgan fingerprint density at radius 1 is 1.65 bits per heavy atom. The Morgan fingerprint density at radius 2 is 2.40 bits per heavy atom. The standard InChI is InChI=1S/C14H20ClN3O2/c1-9(18-5-4-10(7-18)8-19)14(20)17-13-3-2-11(16)6-12(13)15/h2-3,6,9-10,19H,4-5,7-8,16H2,1H3,(H,17,20). The van der Waals surface area contributed by atoms with Crippen LogP contribution in [0.15, 0.2) is 18.2 Å². The van der Waals surface area contributed by atoms with Crippen molar-refractivity contribution in [3.8, 4) is 0 Å². The van der Waals surface area contributed by atoms with Gasteiger partial charge < -0.3 is 16.2 Å². The number of hydrogen-bond donors (Lipinski definition) is 3. The van der Waals surface area contributed by atoms with Crippen molar-refractivity contribution in [2.75, 3.05) is 30.7 Å². The number of nitrogens with two attached hydrogens (primary N) is 1. The maximum Gasteiger partial charge on any atom is 0.241 e. The van der Waals surface area contributed by atoms with Gasteiger partial charge in [0.25, 0.3) is 0 Å². The number of nitrogens with zero attached hydrogens (tertiary/aromatic N) is 1. The van der Waals surface area contributed by atoms with Crippen molar-refractivity contribution in [2.24, 2.45) is 5.92 Å². The van der Waals surface area contributed by atoms with Gasteiger partial charge in [-0.1, -0.05) is 11.6 Å². The van der Waals surface area contributed by atoms with Crippen LogP contribution in [0.2, 0.25) is 5.02 Å². The van der Waals surface area contributed by atoms with Crippen LogP contribution in [0.1, 0.15) is 13.3 Å². The van der Waals surface area contributed by atoms with Crippen molar-refractivity contribution >= 4 is 28.9 Å². The molecule has 2 atom stereocenters. The predicted octanol–water partition coefficient (Wildman–Crippen LogP) is 1.56. The van der Waals surface area contributed by atoms with Crippen molar-refractivity contribution in [1.82, 2.24) is 4.90 Å². The number of anilines is 2. The normalized spacial score (nSPS) is 20.9. The molecule has 2 rings (SSSR count). The van der Waals surface area contributed by atoms with Gasteiger partial charge in [-0.2, -0.15) is 0 Å². The second-order valence-corrected chi connectivity index (χ2v) is 5.64. The molecule has 0 bridgehead atoms. The monoisotopic (exact) mass is 297 g/mol. The van der Waals surface area contributed by atoms with Gasteiger partial charge in [-0.05, 0) is 44.0 Å². The Labute approximate surface area is 123 Å². The third kappa shape index (κ3) is 3.42. The molecule has 6 heteroatoms. The van der Waals surface area contributed by atoms with Crippen LogP contribution in [0.5, 0.6) is 0 Å². The molecule has 1 fully saturated rings. The van der Waals surface area contributed by atoms with E-state index in [1.807, 2.05) is 6.92 Å². The van der Waals surface area contributed by atoms with Crippen LogP contribution in [0.4, 0.5) is 11.4 Å². The van der Waals surface area contributed by atoms with E-state index in [4.69, 9.17) is 22.4 Å². The van der Waals surface area contributed by atoms with Crippen LogP contribution in [-0.4, -0.2) is 41.7 Å². The fraction of sp³-hybridized carbons (Fsp3) is 0.500. The highest BCUT2D eigenvalue weighted by Gasteiger charge is 2.29. The number of hydrogen-bond acceptors (Lipinski definition) is 4. The van der Waals surface area contributed by atoms with Crippen molar-refractivity contribution in [3.63, 3.8) is 0 Å². The van der Waals surface area contributed by atoms with E-state index in [9.17, 15) is 4.79 Å². The lowest BCUT2D eigenvalue weighted by molar-refractivity contribution is -0.120. The minimum atomic E-state index is -0.250. The smallest absolute Gasteiger partial charge is 0.241 e. The van der Waals surface area contributed by atoms with Crippen molar-refractivity contribution < 1.29 is 9.90 Å². The first-order valence-corrected chi connectivity index (χ1v) is 7.10. The first-order chi connectivity index (χ1) is 9.51. The zero-order valence-corrected chi connectivity index (χ0v) is 12.2. The van der Waals surface area contributed by atoms with Gasteiger partial charge in [0.15, 0.2) is 0 Å². The molecule has 0 aromatic heterocycles. The van der Waals surface area contributed by atoms with Crippen LogP contribution < -0.4 is 11.1 Å². The van der Waals surface area contributed by atoms with E-state index in [1.165, 1.54) is 0 Å². The van der Waals surface area contributed by atoms with Gasteiger partial charge in [0, 0.05) is 18.8 Å². The number of nitrogens with one attached hydrogen (secondary N) is 1. The van der Waals surface area contributed by atoms with Gasteiger partial charge in [-0.25, -0.2) is 0 Å². The van der Waals surface area contributed by atoms with Gasteiger partial charge in [0.2, 0.25) is 5.91 Å². The average molecular weight is 298 g/mol. The molecule has 2 unspecified atom stereocenters. The van der Waals surface area contributed by atoms with Crippen molar-refractivity contribution in [1.29, 1.82) is 0 Å². The van der Waals surface area contributed by atoms with E-state index in [1.54, 1.807) is 18.2 Å². The Balaban J connectivity index is 1.97. The number of amides is 1. The number of carbonyl (C=O) groups excluding carboxylic acids is 1. The van der Waals surface area contributed by atoms with Gasteiger partial charge in [-0.3, -0.25) is 9.69 Å². The van der Waals surface area contributed by atoms with Crippen LogP contribution >= 0.6 is 11.6 Å². The first kappa shape index (κ1) is 15.1. The highest BCUT2D eigenvalue weighted by atomic mass is 35.5. The maximum absolute atomic E-state index is 12.2. The topological polar surface area (TPSA) is 78.6 Å². The molecule has 0 radical (unpaired) electrons. The number of carbonyl (C=O) groups is 1. The molecule has 1 amide bonds. The molecule has 0 aliphatic carbocycles. The molecule has 1 saturated heterocycles.